The van der Waals surface area contributed by atoms with E-state index in [0.29, 0.717) is 19.7 Å². The summed E-state index contributed by atoms with van der Waals surface area (Å²) in [5, 5.41) is 2.32. The second-order valence-electron chi connectivity index (χ2n) is 3.87. The summed E-state index contributed by atoms with van der Waals surface area (Å²) in [5.74, 6) is -0.336. The van der Waals surface area contributed by atoms with E-state index in [4.69, 9.17) is 4.74 Å². The van der Waals surface area contributed by atoms with Crippen molar-refractivity contribution in [3.05, 3.63) is 0 Å². The van der Waals surface area contributed by atoms with Crippen LogP contribution in [-0.2, 0) is 9.53 Å². The molecule has 1 saturated heterocycles. The Labute approximate surface area is 89.8 Å². The van der Waals surface area contributed by atoms with Gasteiger partial charge >= 0.3 is 6.03 Å². The van der Waals surface area contributed by atoms with Gasteiger partial charge in [-0.15, -0.1) is 0 Å². The number of amides is 3. The summed E-state index contributed by atoms with van der Waals surface area (Å²) in [6, 6.07) is -0.315. The minimum Gasteiger partial charge on any atom is -0.377 e. The summed E-state index contributed by atoms with van der Waals surface area (Å²) < 4.78 is 5.35. The molecule has 1 fully saturated rings. The highest BCUT2D eigenvalue weighted by molar-refractivity contribution is 5.97. The maximum absolute atomic E-state index is 11.4. The van der Waals surface area contributed by atoms with E-state index in [2.05, 4.69) is 5.32 Å². The average Bonchev–Trinajstić information content (AvgIpc) is 2.14. The van der Waals surface area contributed by atoms with E-state index < -0.39 is 0 Å². The van der Waals surface area contributed by atoms with Crippen molar-refractivity contribution in [2.75, 3.05) is 19.7 Å². The first-order chi connectivity index (χ1) is 7.04. The first-order valence-electron chi connectivity index (χ1n) is 5.26. The molecule has 1 rings (SSSR count). The zero-order chi connectivity index (χ0) is 11.4. The first kappa shape index (κ1) is 12.0. The molecule has 0 aromatic rings. The highest BCUT2D eigenvalue weighted by Gasteiger charge is 2.29. The molecule has 0 spiro atoms. The van der Waals surface area contributed by atoms with E-state index in [-0.39, 0.29) is 24.0 Å². The lowest BCUT2D eigenvalue weighted by Gasteiger charge is -2.32. The zero-order valence-corrected chi connectivity index (χ0v) is 9.45. The molecule has 0 radical (unpaired) electrons. The Kier molecular flexibility index (Phi) is 4.08. The molecule has 5 heteroatoms. The average molecular weight is 214 g/mol. The predicted octanol–water partition coefficient (Wildman–Crippen LogP) is 0.599. The third kappa shape index (κ3) is 3.20. The van der Waals surface area contributed by atoms with E-state index in [1.807, 2.05) is 13.8 Å². The van der Waals surface area contributed by atoms with Gasteiger partial charge in [-0.05, 0) is 13.8 Å². The van der Waals surface area contributed by atoms with Crippen LogP contribution in [0, 0.1) is 5.92 Å². The lowest BCUT2D eigenvalue weighted by Crippen LogP contribution is -2.55. The summed E-state index contributed by atoms with van der Waals surface area (Å²) in [5.41, 5.74) is 0. The van der Waals surface area contributed by atoms with Gasteiger partial charge in [0.2, 0.25) is 5.91 Å². The van der Waals surface area contributed by atoms with Crippen LogP contribution < -0.4 is 5.32 Å². The Morgan fingerprint density at radius 2 is 2.27 bits per heavy atom. The number of urea groups is 1. The number of hydrogen-bond donors (Lipinski definition) is 1. The lowest BCUT2D eigenvalue weighted by atomic mass is 10.1. The molecule has 0 aliphatic carbocycles. The molecule has 1 aliphatic rings. The minimum atomic E-state index is -0.315. The Balaban J connectivity index is 2.47. The summed E-state index contributed by atoms with van der Waals surface area (Å²) in [6.07, 6.45) is 0.00107. The van der Waals surface area contributed by atoms with Crippen molar-refractivity contribution < 1.29 is 14.3 Å². The number of hydrogen-bond acceptors (Lipinski definition) is 3. The highest BCUT2D eigenvalue weighted by atomic mass is 16.5. The third-order valence-electron chi connectivity index (χ3n) is 2.39. The molecule has 0 saturated carbocycles. The van der Waals surface area contributed by atoms with Crippen molar-refractivity contribution in [2.24, 2.45) is 5.92 Å². The number of carbonyl (C=O) groups is 2. The predicted molar refractivity (Wildman–Crippen MR) is 55.4 cm³/mol. The van der Waals surface area contributed by atoms with E-state index in [1.165, 1.54) is 0 Å². The van der Waals surface area contributed by atoms with Crippen molar-refractivity contribution in [3.8, 4) is 0 Å². The number of carbonyl (C=O) groups excluding carboxylic acids is 2. The molecule has 86 valence electrons. The number of nitrogens with zero attached hydrogens (tertiary/aromatic N) is 1. The van der Waals surface area contributed by atoms with Gasteiger partial charge in [0.15, 0.2) is 0 Å². The van der Waals surface area contributed by atoms with Crippen LogP contribution in [0.25, 0.3) is 0 Å². The topological polar surface area (TPSA) is 58.6 Å². The van der Waals surface area contributed by atoms with Crippen molar-refractivity contribution in [1.82, 2.24) is 10.2 Å². The SMILES string of the molecule is CCOC(C)CN1CC(C)C(=O)NC1=O. The summed E-state index contributed by atoms with van der Waals surface area (Å²) >= 11 is 0. The maximum Gasteiger partial charge on any atom is 0.324 e. The first-order valence-corrected chi connectivity index (χ1v) is 5.26. The van der Waals surface area contributed by atoms with Crippen LogP contribution in [0.5, 0.6) is 0 Å². The molecule has 3 amide bonds. The fourth-order valence-electron chi connectivity index (χ4n) is 1.61. The number of imide groups is 1. The molecule has 1 N–H and O–H groups in total. The van der Waals surface area contributed by atoms with Crippen LogP contribution in [-0.4, -0.2) is 42.6 Å². The van der Waals surface area contributed by atoms with Crippen LogP contribution in [0.3, 0.4) is 0 Å². The molecule has 0 bridgehead atoms. The fraction of sp³-hybridized carbons (Fsp3) is 0.800. The van der Waals surface area contributed by atoms with Gasteiger partial charge in [-0.2, -0.15) is 0 Å². The van der Waals surface area contributed by atoms with Crippen molar-refractivity contribution >= 4 is 11.9 Å². The molecule has 15 heavy (non-hydrogen) atoms. The van der Waals surface area contributed by atoms with Gasteiger partial charge in [-0.3, -0.25) is 10.1 Å². The molecular formula is C10H18N2O3. The third-order valence-corrected chi connectivity index (χ3v) is 2.39. The highest BCUT2D eigenvalue weighted by Crippen LogP contribution is 2.08. The fourth-order valence-corrected chi connectivity index (χ4v) is 1.61. The van der Waals surface area contributed by atoms with Gasteiger partial charge in [0, 0.05) is 19.7 Å². The molecule has 2 atom stereocenters. The molecule has 1 aliphatic heterocycles. The summed E-state index contributed by atoms with van der Waals surface area (Å²) in [4.78, 5) is 24.2. The Morgan fingerprint density at radius 3 is 2.87 bits per heavy atom. The summed E-state index contributed by atoms with van der Waals surface area (Å²) in [7, 11) is 0. The van der Waals surface area contributed by atoms with E-state index >= 15 is 0 Å². The van der Waals surface area contributed by atoms with Gasteiger partial charge in [0.25, 0.3) is 0 Å². The van der Waals surface area contributed by atoms with E-state index in [9.17, 15) is 9.59 Å². The van der Waals surface area contributed by atoms with Gasteiger partial charge in [-0.1, -0.05) is 6.92 Å². The Bertz CT molecular complexity index is 255. The maximum atomic E-state index is 11.4. The number of ether oxygens (including phenoxy) is 1. The normalized spacial score (nSPS) is 23.9. The second-order valence-corrected chi connectivity index (χ2v) is 3.87. The second kappa shape index (κ2) is 5.11. The molecule has 5 nitrogen and oxygen atoms in total. The van der Waals surface area contributed by atoms with Crippen molar-refractivity contribution in [3.63, 3.8) is 0 Å². The largest absolute Gasteiger partial charge is 0.377 e. The van der Waals surface area contributed by atoms with Gasteiger partial charge < -0.3 is 9.64 Å². The minimum absolute atomic E-state index is 0.00107. The van der Waals surface area contributed by atoms with Crippen LogP contribution >= 0.6 is 0 Å². The van der Waals surface area contributed by atoms with Crippen LogP contribution in [0.2, 0.25) is 0 Å². The van der Waals surface area contributed by atoms with Crippen molar-refractivity contribution in [1.29, 1.82) is 0 Å². The zero-order valence-electron chi connectivity index (χ0n) is 9.45. The van der Waals surface area contributed by atoms with E-state index in [0.717, 1.165) is 0 Å². The molecule has 0 aromatic heterocycles. The smallest absolute Gasteiger partial charge is 0.324 e. The van der Waals surface area contributed by atoms with Crippen LogP contribution in [0.4, 0.5) is 4.79 Å². The Hall–Kier alpha value is -1.10. The quantitative estimate of drug-likeness (QED) is 0.745. The standard InChI is InChI=1S/C10H18N2O3/c1-4-15-8(3)6-12-5-7(2)9(13)11-10(12)14/h7-8H,4-6H2,1-3H3,(H,11,13,14). The van der Waals surface area contributed by atoms with Crippen molar-refractivity contribution in [2.45, 2.75) is 26.9 Å². The molecule has 2 unspecified atom stereocenters. The van der Waals surface area contributed by atoms with E-state index in [1.54, 1.807) is 11.8 Å². The number of nitrogens with one attached hydrogen (secondary N) is 1. The molecule has 1 heterocycles. The van der Waals surface area contributed by atoms with Crippen LogP contribution in [0.15, 0.2) is 0 Å². The van der Waals surface area contributed by atoms with Gasteiger partial charge in [0.1, 0.15) is 0 Å². The molecule has 0 aromatic carbocycles. The van der Waals surface area contributed by atoms with Gasteiger partial charge in [-0.25, -0.2) is 4.79 Å². The van der Waals surface area contributed by atoms with Crippen LogP contribution in [0.1, 0.15) is 20.8 Å². The van der Waals surface area contributed by atoms with Gasteiger partial charge in [0.05, 0.1) is 12.0 Å². The Morgan fingerprint density at radius 1 is 1.60 bits per heavy atom. The molecular weight excluding hydrogens is 196 g/mol. The summed E-state index contributed by atoms with van der Waals surface area (Å²) in [6.45, 7) is 7.27. The number of rotatable bonds is 4. The monoisotopic (exact) mass is 214 g/mol. The lowest BCUT2D eigenvalue weighted by molar-refractivity contribution is -0.125.